The fourth-order valence-corrected chi connectivity index (χ4v) is 4.77. The first-order valence-electron chi connectivity index (χ1n) is 11.3. The molecule has 0 bridgehead atoms. The summed E-state index contributed by atoms with van der Waals surface area (Å²) in [7, 11) is 0. The van der Waals surface area contributed by atoms with Crippen molar-refractivity contribution < 1.29 is 29.0 Å². The minimum atomic E-state index is -1.12. The summed E-state index contributed by atoms with van der Waals surface area (Å²) in [5.41, 5.74) is 4.00. The van der Waals surface area contributed by atoms with E-state index in [4.69, 9.17) is 9.47 Å². The molecule has 2 aromatic rings. The Balaban J connectivity index is 1.40. The number of rotatable bonds is 10. The maximum atomic E-state index is 12.3. The molecule has 0 saturated carbocycles. The third-order valence-corrected chi connectivity index (χ3v) is 6.38. The minimum Gasteiger partial charge on any atom is -0.480 e. The van der Waals surface area contributed by atoms with Gasteiger partial charge in [0.25, 0.3) is 0 Å². The van der Waals surface area contributed by atoms with E-state index >= 15 is 0 Å². The Kier molecular flexibility index (Phi) is 8.61. The Morgan fingerprint density at radius 2 is 1.59 bits per heavy atom. The first-order valence-corrected chi connectivity index (χ1v) is 12.4. The highest BCUT2D eigenvalue weighted by atomic mass is 32.2. The number of carboxylic acids is 1. The van der Waals surface area contributed by atoms with Gasteiger partial charge in [-0.3, -0.25) is 4.79 Å². The van der Waals surface area contributed by atoms with E-state index in [9.17, 15) is 19.5 Å². The van der Waals surface area contributed by atoms with Crippen LogP contribution in [0, 0.1) is 0 Å². The van der Waals surface area contributed by atoms with Crippen LogP contribution in [0.25, 0.3) is 11.1 Å². The molecule has 182 valence electrons. The second kappa shape index (κ2) is 11.4. The highest BCUT2D eigenvalue weighted by molar-refractivity contribution is 7.99. The summed E-state index contributed by atoms with van der Waals surface area (Å²) in [6.45, 7) is 5.42. The van der Waals surface area contributed by atoms with Crippen LogP contribution in [0.1, 0.15) is 50.7 Å². The van der Waals surface area contributed by atoms with Gasteiger partial charge < -0.3 is 19.9 Å². The number of thioether (sulfide) groups is 1. The monoisotopic (exact) mass is 485 g/mol. The number of hydrogen-bond acceptors (Lipinski definition) is 6. The first kappa shape index (κ1) is 25.6. The standard InChI is InChI=1S/C26H31NO6S/c1-26(2,3)33-25(31)27-22(24(29)30)12-14-34-15-13-23(28)32-16-21-19-10-6-4-8-17(19)18-9-5-7-11-20(18)21/h4-11,21-22H,12-16H2,1-3H3,(H,27,31)(H,29,30)/t22-/m0/s1. The zero-order valence-electron chi connectivity index (χ0n) is 19.7. The van der Waals surface area contributed by atoms with Crippen molar-refractivity contribution in [1.29, 1.82) is 0 Å². The molecule has 0 fully saturated rings. The van der Waals surface area contributed by atoms with Gasteiger partial charge in [0, 0.05) is 11.7 Å². The molecule has 1 aliphatic rings. The van der Waals surface area contributed by atoms with E-state index in [-0.39, 0.29) is 24.7 Å². The van der Waals surface area contributed by atoms with Crippen LogP contribution >= 0.6 is 11.8 Å². The Morgan fingerprint density at radius 3 is 2.15 bits per heavy atom. The van der Waals surface area contributed by atoms with Gasteiger partial charge in [-0.15, -0.1) is 0 Å². The number of hydrogen-bond donors (Lipinski definition) is 2. The summed E-state index contributed by atoms with van der Waals surface area (Å²) in [4.78, 5) is 35.5. The molecule has 0 aromatic heterocycles. The van der Waals surface area contributed by atoms with Gasteiger partial charge in [0.05, 0.1) is 6.42 Å². The van der Waals surface area contributed by atoms with Crippen LogP contribution < -0.4 is 5.32 Å². The summed E-state index contributed by atoms with van der Waals surface area (Å²) < 4.78 is 10.7. The van der Waals surface area contributed by atoms with Crippen molar-refractivity contribution in [1.82, 2.24) is 5.32 Å². The quantitative estimate of drug-likeness (QED) is 0.367. The van der Waals surface area contributed by atoms with Gasteiger partial charge in [-0.2, -0.15) is 11.8 Å². The zero-order valence-corrected chi connectivity index (χ0v) is 20.5. The van der Waals surface area contributed by atoms with Crippen molar-refractivity contribution >= 4 is 29.8 Å². The third-order valence-electron chi connectivity index (χ3n) is 5.36. The van der Waals surface area contributed by atoms with E-state index in [1.807, 2.05) is 24.3 Å². The largest absolute Gasteiger partial charge is 0.480 e. The number of ether oxygens (including phenoxy) is 2. The van der Waals surface area contributed by atoms with E-state index in [1.54, 1.807) is 20.8 Å². The molecule has 3 rings (SSSR count). The maximum absolute atomic E-state index is 12.3. The van der Waals surface area contributed by atoms with Gasteiger partial charge in [0.2, 0.25) is 0 Å². The normalized spacial score (nSPS) is 13.5. The van der Waals surface area contributed by atoms with E-state index < -0.39 is 23.7 Å². The predicted octanol–water partition coefficient (Wildman–Crippen LogP) is 4.83. The molecule has 7 nitrogen and oxygen atoms in total. The second-order valence-corrected chi connectivity index (χ2v) is 10.3. The molecule has 0 heterocycles. The van der Waals surface area contributed by atoms with Crippen LogP contribution in [0.4, 0.5) is 4.79 Å². The van der Waals surface area contributed by atoms with Crippen molar-refractivity contribution in [3.63, 3.8) is 0 Å². The lowest BCUT2D eigenvalue weighted by atomic mass is 9.98. The highest BCUT2D eigenvalue weighted by Gasteiger charge is 2.29. The molecule has 1 amide bonds. The van der Waals surface area contributed by atoms with E-state index in [0.717, 1.165) is 0 Å². The average molecular weight is 486 g/mol. The fourth-order valence-electron chi connectivity index (χ4n) is 3.85. The molecule has 1 aliphatic carbocycles. The number of alkyl carbamates (subject to hydrolysis) is 1. The molecule has 2 N–H and O–H groups in total. The molecule has 8 heteroatoms. The topological polar surface area (TPSA) is 102 Å². The van der Waals surface area contributed by atoms with Crippen molar-refractivity contribution in [3.05, 3.63) is 59.7 Å². The molecule has 0 spiro atoms. The number of aliphatic carboxylic acids is 1. The van der Waals surface area contributed by atoms with Crippen LogP contribution in [0.3, 0.4) is 0 Å². The van der Waals surface area contributed by atoms with Crippen LogP contribution in [-0.2, 0) is 19.1 Å². The summed E-state index contributed by atoms with van der Waals surface area (Å²) in [6.07, 6.45) is -0.300. The summed E-state index contributed by atoms with van der Waals surface area (Å²) in [5, 5.41) is 11.7. The van der Waals surface area contributed by atoms with Gasteiger partial charge in [0.1, 0.15) is 18.2 Å². The number of carboxylic acid groups (broad SMARTS) is 1. The third kappa shape index (κ3) is 7.00. The number of esters is 1. The lowest BCUT2D eigenvalue weighted by Gasteiger charge is -2.21. The lowest BCUT2D eigenvalue weighted by Crippen LogP contribution is -2.43. The number of amides is 1. The average Bonchev–Trinajstić information content (AvgIpc) is 3.09. The Hall–Kier alpha value is -3.00. The van der Waals surface area contributed by atoms with E-state index in [2.05, 4.69) is 29.6 Å². The van der Waals surface area contributed by atoms with Crippen LogP contribution in [0.2, 0.25) is 0 Å². The number of fused-ring (bicyclic) bond motifs is 3. The van der Waals surface area contributed by atoms with Crippen LogP contribution in [0.15, 0.2) is 48.5 Å². The van der Waals surface area contributed by atoms with Crippen molar-refractivity contribution in [2.75, 3.05) is 18.1 Å². The maximum Gasteiger partial charge on any atom is 0.408 e. The second-order valence-electron chi connectivity index (χ2n) is 9.10. The molecule has 1 atom stereocenters. The van der Waals surface area contributed by atoms with Gasteiger partial charge in [0.15, 0.2) is 0 Å². The molecule has 0 saturated heterocycles. The first-order chi connectivity index (χ1) is 16.2. The minimum absolute atomic E-state index is 0.0271. The molecule has 0 aliphatic heterocycles. The van der Waals surface area contributed by atoms with E-state index in [1.165, 1.54) is 34.0 Å². The van der Waals surface area contributed by atoms with Crippen molar-refractivity contribution in [3.8, 4) is 11.1 Å². The number of benzene rings is 2. The smallest absolute Gasteiger partial charge is 0.408 e. The number of carbonyl (C=O) groups is 3. The lowest BCUT2D eigenvalue weighted by molar-refractivity contribution is -0.143. The fraction of sp³-hybridized carbons (Fsp3) is 0.423. The van der Waals surface area contributed by atoms with Crippen molar-refractivity contribution in [2.24, 2.45) is 0 Å². The van der Waals surface area contributed by atoms with Gasteiger partial charge in [-0.05, 0) is 55.2 Å². The molecule has 2 aromatic carbocycles. The van der Waals surface area contributed by atoms with Crippen LogP contribution in [0.5, 0.6) is 0 Å². The molecule has 34 heavy (non-hydrogen) atoms. The molecular formula is C26H31NO6S. The Bertz CT molecular complexity index is 986. The van der Waals surface area contributed by atoms with Crippen molar-refractivity contribution in [2.45, 2.75) is 51.2 Å². The number of nitrogens with one attached hydrogen (secondary N) is 1. The number of carbonyl (C=O) groups excluding carboxylic acids is 2. The SMILES string of the molecule is CC(C)(C)OC(=O)N[C@@H](CCSCCC(=O)OCC1c2ccccc2-c2ccccc21)C(=O)O. The van der Waals surface area contributed by atoms with E-state index in [0.29, 0.717) is 18.1 Å². The molecule has 0 radical (unpaired) electrons. The Morgan fingerprint density at radius 1 is 1.00 bits per heavy atom. The Labute approximate surface area is 204 Å². The summed E-state index contributed by atoms with van der Waals surface area (Å²) in [6, 6.07) is 15.3. The molecular weight excluding hydrogens is 454 g/mol. The highest BCUT2D eigenvalue weighted by Crippen LogP contribution is 2.44. The zero-order chi connectivity index (χ0) is 24.7. The predicted molar refractivity (Wildman–Crippen MR) is 132 cm³/mol. The summed E-state index contributed by atoms with van der Waals surface area (Å²) >= 11 is 1.45. The summed E-state index contributed by atoms with van der Waals surface area (Å²) in [5.74, 6) is -0.392. The van der Waals surface area contributed by atoms with Gasteiger partial charge >= 0.3 is 18.0 Å². The van der Waals surface area contributed by atoms with Gasteiger partial charge in [-0.1, -0.05) is 48.5 Å². The molecule has 0 unspecified atom stereocenters. The van der Waals surface area contributed by atoms with Gasteiger partial charge in [-0.25, -0.2) is 9.59 Å². The van der Waals surface area contributed by atoms with Crippen LogP contribution in [-0.4, -0.2) is 52.9 Å².